The van der Waals surface area contributed by atoms with Crippen molar-refractivity contribution >= 4 is 39.9 Å². The van der Waals surface area contributed by atoms with Crippen LogP contribution < -0.4 is 4.90 Å². The Morgan fingerprint density at radius 3 is 2.50 bits per heavy atom. The number of aromatic nitrogens is 3. The van der Waals surface area contributed by atoms with Crippen LogP contribution in [-0.2, 0) is 4.79 Å². The van der Waals surface area contributed by atoms with E-state index in [1.54, 1.807) is 0 Å². The van der Waals surface area contributed by atoms with Gasteiger partial charge in [-0.1, -0.05) is 37.6 Å². The summed E-state index contributed by atoms with van der Waals surface area (Å²) < 4.78 is 1.84. The molecule has 1 aromatic carbocycles. The number of piperazine rings is 1. The molecule has 2 aromatic heterocycles. The SMILES string of the molecule is Cc1nn2c(nc(N3CCN(CC(=O)N4CC(C)CC(C)C4)CC3)c3ccccc32)c1Cl. The molecule has 1 amide bonds. The zero-order chi connectivity index (χ0) is 22.4. The molecule has 7 nitrogen and oxygen atoms in total. The number of aryl methyl sites for hydroxylation is 1. The Bertz CT molecular complexity index is 1140. The smallest absolute Gasteiger partial charge is 0.236 e. The number of halogens is 1. The Kier molecular flexibility index (Phi) is 5.72. The second-order valence-corrected chi connectivity index (χ2v) is 9.97. The van der Waals surface area contributed by atoms with Crippen molar-refractivity contribution in [2.24, 2.45) is 11.8 Å². The molecule has 0 bridgehead atoms. The van der Waals surface area contributed by atoms with Crippen molar-refractivity contribution in [1.29, 1.82) is 0 Å². The third-order valence-electron chi connectivity index (χ3n) is 6.80. The molecule has 0 N–H and O–H groups in total. The van der Waals surface area contributed by atoms with Gasteiger partial charge in [-0.05, 0) is 37.3 Å². The van der Waals surface area contributed by atoms with Crippen LogP contribution in [0.15, 0.2) is 24.3 Å². The molecular weight excluding hydrogens is 424 g/mol. The summed E-state index contributed by atoms with van der Waals surface area (Å²) in [6, 6.07) is 8.21. The van der Waals surface area contributed by atoms with Gasteiger partial charge in [0.25, 0.3) is 0 Å². The van der Waals surface area contributed by atoms with Gasteiger partial charge in [-0.15, -0.1) is 0 Å². The average Bonchev–Trinajstić information content (AvgIpc) is 3.07. The highest BCUT2D eigenvalue weighted by Crippen LogP contribution is 2.30. The topological polar surface area (TPSA) is 57.0 Å². The molecule has 2 unspecified atom stereocenters. The van der Waals surface area contributed by atoms with Crippen LogP contribution in [0.4, 0.5) is 5.82 Å². The third-order valence-corrected chi connectivity index (χ3v) is 7.24. The fraction of sp³-hybridized carbons (Fsp3) is 0.542. The van der Waals surface area contributed by atoms with Crippen LogP contribution in [0.3, 0.4) is 0 Å². The first-order chi connectivity index (χ1) is 15.4. The molecular formula is C24H31ClN6O. The van der Waals surface area contributed by atoms with E-state index in [0.29, 0.717) is 29.1 Å². The lowest BCUT2D eigenvalue weighted by molar-refractivity contribution is -0.135. The number of para-hydroxylation sites is 1. The van der Waals surface area contributed by atoms with E-state index in [-0.39, 0.29) is 5.91 Å². The van der Waals surface area contributed by atoms with Gasteiger partial charge in [0.05, 0.1) is 17.8 Å². The number of hydrogen-bond donors (Lipinski definition) is 0. The van der Waals surface area contributed by atoms with Crippen LogP contribution in [-0.4, -0.2) is 76.1 Å². The third kappa shape index (κ3) is 3.92. The Labute approximate surface area is 193 Å². The number of amides is 1. The van der Waals surface area contributed by atoms with E-state index in [9.17, 15) is 4.79 Å². The van der Waals surface area contributed by atoms with Crippen LogP contribution in [0.1, 0.15) is 26.0 Å². The Hall–Kier alpha value is -2.38. The quantitative estimate of drug-likeness (QED) is 0.606. The minimum atomic E-state index is 0.267. The molecule has 0 saturated carbocycles. The van der Waals surface area contributed by atoms with E-state index in [4.69, 9.17) is 16.6 Å². The van der Waals surface area contributed by atoms with Gasteiger partial charge < -0.3 is 9.80 Å². The number of fused-ring (bicyclic) bond motifs is 3. The van der Waals surface area contributed by atoms with Crippen LogP contribution in [0.2, 0.25) is 5.02 Å². The fourth-order valence-electron chi connectivity index (χ4n) is 5.29. The minimum Gasteiger partial charge on any atom is -0.353 e. The predicted octanol–water partition coefficient (Wildman–Crippen LogP) is 3.47. The lowest BCUT2D eigenvalue weighted by Crippen LogP contribution is -2.52. The minimum absolute atomic E-state index is 0.267. The van der Waals surface area contributed by atoms with E-state index in [1.807, 2.05) is 23.6 Å². The summed E-state index contributed by atoms with van der Waals surface area (Å²) in [5, 5.41) is 6.25. The molecule has 8 heteroatoms. The number of anilines is 1. The van der Waals surface area contributed by atoms with Crippen molar-refractivity contribution in [3.8, 4) is 0 Å². The van der Waals surface area contributed by atoms with Gasteiger partial charge in [0.2, 0.25) is 5.91 Å². The maximum atomic E-state index is 12.9. The highest BCUT2D eigenvalue weighted by Gasteiger charge is 2.28. The first kappa shape index (κ1) is 21.5. The van der Waals surface area contributed by atoms with Crippen molar-refractivity contribution in [1.82, 2.24) is 24.4 Å². The fourth-order valence-corrected chi connectivity index (χ4v) is 5.45. The highest BCUT2D eigenvalue weighted by molar-refractivity contribution is 6.34. The van der Waals surface area contributed by atoms with E-state index < -0.39 is 0 Å². The van der Waals surface area contributed by atoms with Crippen molar-refractivity contribution < 1.29 is 4.79 Å². The molecule has 4 heterocycles. The number of nitrogens with zero attached hydrogens (tertiary/aromatic N) is 6. The first-order valence-corrected chi connectivity index (χ1v) is 12.0. The van der Waals surface area contributed by atoms with Crippen LogP contribution in [0.25, 0.3) is 16.6 Å². The normalized spacial score (nSPS) is 22.8. The van der Waals surface area contributed by atoms with E-state index in [2.05, 4.69) is 45.8 Å². The van der Waals surface area contributed by atoms with Gasteiger partial charge in [0.1, 0.15) is 10.8 Å². The molecule has 2 fully saturated rings. The molecule has 0 spiro atoms. The molecule has 2 aliphatic rings. The number of carbonyl (C=O) groups is 1. The zero-order valence-corrected chi connectivity index (χ0v) is 19.8. The number of carbonyl (C=O) groups excluding carboxylic acids is 1. The second-order valence-electron chi connectivity index (χ2n) is 9.60. The number of likely N-dealkylation sites (tertiary alicyclic amines) is 1. The van der Waals surface area contributed by atoms with E-state index in [0.717, 1.165) is 61.7 Å². The van der Waals surface area contributed by atoms with Gasteiger partial charge in [0.15, 0.2) is 5.65 Å². The van der Waals surface area contributed by atoms with Crippen LogP contribution >= 0.6 is 11.6 Å². The zero-order valence-electron chi connectivity index (χ0n) is 19.1. The van der Waals surface area contributed by atoms with Gasteiger partial charge >= 0.3 is 0 Å². The molecule has 170 valence electrons. The largest absolute Gasteiger partial charge is 0.353 e. The second kappa shape index (κ2) is 8.52. The molecule has 32 heavy (non-hydrogen) atoms. The van der Waals surface area contributed by atoms with Crippen LogP contribution in [0, 0.1) is 18.8 Å². The van der Waals surface area contributed by atoms with Crippen molar-refractivity contribution in [2.45, 2.75) is 27.2 Å². The molecule has 3 aromatic rings. The monoisotopic (exact) mass is 454 g/mol. The van der Waals surface area contributed by atoms with Crippen molar-refractivity contribution in [3.63, 3.8) is 0 Å². The molecule has 0 aliphatic carbocycles. The van der Waals surface area contributed by atoms with Gasteiger partial charge in [-0.3, -0.25) is 9.69 Å². The lowest BCUT2D eigenvalue weighted by Gasteiger charge is -2.39. The number of rotatable bonds is 3. The summed E-state index contributed by atoms with van der Waals surface area (Å²) in [5.74, 6) is 2.39. The maximum absolute atomic E-state index is 12.9. The summed E-state index contributed by atoms with van der Waals surface area (Å²) in [7, 11) is 0. The molecule has 5 rings (SSSR count). The maximum Gasteiger partial charge on any atom is 0.236 e. The van der Waals surface area contributed by atoms with Crippen molar-refractivity contribution in [2.75, 3.05) is 50.7 Å². The summed E-state index contributed by atoms with van der Waals surface area (Å²) in [6.07, 6.45) is 1.22. The molecule has 0 radical (unpaired) electrons. The summed E-state index contributed by atoms with van der Waals surface area (Å²) in [5.41, 5.74) is 2.49. The van der Waals surface area contributed by atoms with Gasteiger partial charge in [0, 0.05) is 44.7 Å². The highest BCUT2D eigenvalue weighted by atomic mass is 35.5. The molecule has 2 saturated heterocycles. The standard InChI is InChI=1S/C24H31ClN6O/c1-16-12-17(2)14-30(13-16)21(32)15-28-8-10-29(11-9-28)23-19-6-4-5-7-20(19)31-24(26-23)22(25)18(3)27-31/h4-7,16-17H,8-15H2,1-3H3. The van der Waals surface area contributed by atoms with Gasteiger partial charge in [-0.2, -0.15) is 5.10 Å². The van der Waals surface area contributed by atoms with Gasteiger partial charge in [-0.25, -0.2) is 9.50 Å². The molecule has 2 atom stereocenters. The van der Waals surface area contributed by atoms with E-state index >= 15 is 0 Å². The predicted molar refractivity (Wildman–Crippen MR) is 128 cm³/mol. The Morgan fingerprint density at radius 1 is 1.09 bits per heavy atom. The average molecular weight is 455 g/mol. The summed E-state index contributed by atoms with van der Waals surface area (Å²) in [4.78, 5) is 24.5. The summed E-state index contributed by atoms with van der Waals surface area (Å²) >= 11 is 6.51. The first-order valence-electron chi connectivity index (χ1n) is 11.6. The summed E-state index contributed by atoms with van der Waals surface area (Å²) in [6.45, 7) is 12.1. The lowest BCUT2D eigenvalue weighted by atomic mass is 9.92. The molecule has 2 aliphatic heterocycles. The van der Waals surface area contributed by atoms with E-state index in [1.165, 1.54) is 6.42 Å². The van der Waals surface area contributed by atoms with Crippen molar-refractivity contribution in [3.05, 3.63) is 35.0 Å². The number of hydrogen-bond acceptors (Lipinski definition) is 5. The number of benzene rings is 1. The Balaban J connectivity index is 1.32. The number of piperidine rings is 1. The Morgan fingerprint density at radius 2 is 1.78 bits per heavy atom. The van der Waals surface area contributed by atoms with Crippen LogP contribution in [0.5, 0.6) is 0 Å².